The van der Waals surface area contributed by atoms with Crippen LogP contribution in [0.15, 0.2) is 53.6 Å². The van der Waals surface area contributed by atoms with Gasteiger partial charge < -0.3 is 19.9 Å². The first kappa shape index (κ1) is 20.4. The van der Waals surface area contributed by atoms with Crippen molar-refractivity contribution < 1.29 is 27.5 Å². The number of aromatic nitrogens is 2. The summed E-state index contributed by atoms with van der Waals surface area (Å²) in [6.07, 6.45) is -3.69. The van der Waals surface area contributed by atoms with Crippen LogP contribution in [0, 0.1) is 5.92 Å². The third-order valence-corrected chi connectivity index (χ3v) is 4.77. The van der Waals surface area contributed by atoms with Gasteiger partial charge in [0.25, 0.3) is 5.56 Å². The van der Waals surface area contributed by atoms with Crippen LogP contribution < -0.4 is 20.5 Å². The number of benzene rings is 2. The highest BCUT2D eigenvalue weighted by atomic mass is 19.4. The SMILES string of the molecule is O=C(Nc1ccc2nc[nH]c(=O)c2c1)[C@@H]1CC(=O)N(c2cccc(OC(F)(F)F)c2)C1. The molecule has 3 aromatic rings. The molecule has 4 rings (SSSR count). The molecule has 1 aliphatic heterocycles. The molecule has 1 aliphatic rings. The number of nitrogens with zero attached hydrogens (tertiary/aromatic N) is 2. The maximum Gasteiger partial charge on any atom is 0.573 e. The molecule has 0 aliphatic carbocycles. The summed E-state index contributed by atoms with van der Waals surface area (Å²) in [5.74, 6) is -2.02. The van der Waals surface area contributed by atoms with Crippen LogP contribution in [0.2, 0.25) is 0 Å². The number of hydrogen-bond donors (Lipinski definition) is 2. The Hall–Kier alpha value is -3.89. The number of anilines is 2. The number of alkyl halides is 3. The summed E-state index contributed by atoms with van der Waals surface area (Å²) in [7, 11) is 0. The van der Waals surface area contributed by atoms with Crippen molar-refractivity contribution >= 4 is 34.1 Å². The molecule has 160 valence electrons. The molecule has 0 spiro atoms. The predicted molar refractivity (Wildman–Crippen MR) is 105 cm³/mol. The number of ether oxygens (including phenoxy) is 1. The predicted octanol–water partition coefficient (Wildman–Crippen LogP) is 2.81. The van der Waals surface area contributed by atoms with Gasteiger partial charge in [-0.05, 0) is 30.3 Å². The first-order valence-corrected chi connectivity index (χ1v) is 9.14. The smallest absolute Gasteiger partial charge is 0.406 e. The maximum atomic E-state index is 12.6. The Kier molecular flexibility index (Phi) is 5.09. The van der Waals surface area contributed by atoms with Crippen molar-refractivity contribution in [3.63, 3.8) is 0 Å². The Balaban J connectivity index is 1.48. The van der Waals surface area contributed by atoms with Gasteiger partial charge in [-0.1, -0.05) is 6.07 Å². The van der Waals surface area contributed by atoms with E-state index in [4.69, 9.17) is 0 Å². The summed E-state index contributed by atoms with van der Waals surface area (Å²) in [5.41, 5.74) is 0.669. The second-order valence-corrected chi connectivity index (χ2v) is 6.90. The van der Waals surface area contributed by atoms with Crippen LogP contribution in [-0.2, 0) is 9.59 Å². The highest BCUT2D eigenvalue weighted by Crippen LogP contribution is 2.31. The summed E-state index contributed by atoms with van der Waals surface area (Å²) in [6, 6.07) is 9.65. The molecule has 2 aromatic carbocycles. The van der Waals surface area contributed by atoms with E-state index in [1.807, 2.05) is 0 Å². The van der Waals surface area contributed by atoms with E-state index in [1.165, 1.54) is 29.4 Å². The van der Waals surface area contributed by atoms with Gasteiger partial charge in [-0.25, -0.2) is 4.98 Å². The first-order valence-electron chi connectivity index (χ1n) is 9.14. The Morgan fingerprint density at radius 2 is 2.00 bits per heavy atom. The standard InChI is InChI=1S/C20H15F3N4O4/c21-20(22,23)31-14-3-1-2-13(8-14)27-9-11(6-17(27)28)18(29)26-12-4-5-16-15(7-12)19(30)25-10-24-16/h1-5,7-8,10-11H,6,9H2,(H,26,29)(H,24,25,30)/t11-/m1/s1. The summed E-state index contributed by atoms with van der Waals surface area (Å²) < 4.78 is 41.2. The number of nitrogens with one attached hydrogen (secondary N) is 2. The largest absolute Gasteiger partial charge is 0.573 e. The van der Waals surface area contributed by atoms with Gasteiger partial charge >= 0.3 is 6.36 Å². The number of rotatable bonds is 4. The second kappa shape index (κ2) is 7.74. The highest BCUT2D eigenvalue weighted by molar-refractivity contribution is 6.04. The van der Waals surface area contributed by atoms with Crippen LogP contribution in [0.25, 0.3) is 10.9 Å². The van der Waals surface area contributed by atoms with Gasteiger partial charge in [-0.2, -0.15) is 0 Å². The van der Waals surface area contributed by atoms with Crippen LogP contribution in [0.1, 0.15) is 6.42 Å². The minimum absolute atomic E-state index is 0.00411. The fourth-order valence-electron chi connectivity index (χ4n) is 3.37. The topological polar surface area (TPSA) is 104 Å². The zero-order valence-electron chi connectivity index (χ0n) is 15.8. The fourth-order valence-corrected chi connectivity index (χ4v) is 3.37. The van der Waals surface area contributed by atoms with E-state index in [0.29, 0.717) is 16.6 Å². The number of aromatic amines is 1. The molecule has 2 N–H and O–H groups in total. The van der Waals surface area contributed by atoms with E-state index in [-0.39, 0.29) is 24.2 Å². The molecule has 1 aromatic heterocycles. The van der Waals surface area contributed by atoms with E-state index >= 15 is 0 Å². The quantitative estimate of drug-likeness (QED) is 0.660. The fraction of sp³-hybridized carbons (Fsp3) is 0.200. The third-order valence-electron chi connectivity index (χ3n) is 4.77. The number of H-pyrrole nitrogens is 1. The zero-order chi connectivity index (χ0) is 22.2. The summed E-state index contributed by atoms with van der Waals surface area (Å²) in [5, 5.41) is 2.96. The lowest BCUT2D eigenvalue weighted by molar-refractivity contribution is -0.274. The lowest BCUT2D eigenvalue weighted by Crippen LogP contribution is -2.28. The summed E-state index contributed by atoms with van der Waals surface area (Å²) in [6.45, 7) is -0.00411. The molecule has 1 fully saturated rings. The molecule has 8 nitrogen and oxygen atoms in total. The van der Waals surface area contributed by atoms with Gasteiger partial charge in [0.1, 0.15) is 5.75 Å². The van der Waals surface area contributed by atoms with Gasteiger partial charge in [0.05, 0.1) is 23.1 Å². The Morgan fingerprint density at radius 1 is 1.19 bits per heavy atom. The number of halogens is 3. The van der Waals surface area contributed by atoms with E-state index in [9.17, 15) is 27.6 Å². The molecule has 0 unspecified atom stereocenters. The van der Waals surface area contributed by atoms with E-state index in [1.54, 1.807) is 12.1 Å². The molecule has 1 atom stereocenters. The zero-order valence-corrected chi connectivity index (χ0v) is 15.8. The Bertz CT molecular complexity index is 1220. The molecule has 0 bridgehead atoms. The molecule has 0 saturated carbocycles. The number of hydrogen-bond acceptors (Lipinski definition) is 5. The number of carbonyl (C=O) groups excluding carboxylic acids is 2. The van der Waals surface area contributed by atoms with Gasteiger partial charge in [-0.15, -0.1) is 13.2 Å². The van der Waals surface area contributed by atoms with Crippen molar-refractivity contribution in [1.29, 1.82) is 0 Å². The van der Waals surface area contributed by atoms with Crippen molar-refractivity contribution in [2.75, 3.05) is 16.8 Å². The van der Waals surface area contributed by atoms with Crippen molar-refractivity contribution in [1.82, 2.24) is 9.97 Å². The van der Waals surface area contributed by atoms with Gasteiger partial charge in [0.15, 0.2) is 0 Å². The molecular weight excluding hydrogens is 417 g/mol. The summed E-state index contributed by atoms with van der Waals surface area (Å²) >= 11 is 0. The van der Waals surface area contributed by atoms with Crippen molar-refractivity contribution in [3.8, 4) is 5.75 Å². The van der Waals surface area contributed by atoms with Crippen molar-refractivity contribution in [2.45, 2.75) is 12.8 Å². The average molecular weight is 432 g/mol. The Labute approximate surface area is 172 Å². The van der Waals surface area contributed by atoms with Crippen molar-refractivity contribution in [3.05, 3.63) is 59.1 Å². The second-order valence-electron chi connectivity index (χ2n) is 6.90. The van der Waals surface area contributed by atoms with Gasteiger partial charge in [0, 0.05) is 30.4 Å². The third kappa shape index (κ3) is 4.49. The van der Waals surface area contributed by atoms with Gasteiger partial charge in [-0.3, -0.25) is 14.4 Å². The molecule has 2 heterocycles. The molecule has 0 radical (unpaired) electrons. The average Bonchev–Trinajstić information content (AvgIpc) is 3.09. The minimum atomic E-state index is -4.85. The highest BCUT2D eigenvalue weighted by Gasteiger charge is 2.36. The van der Waals surface area contributed by atoms with Crippen LogP contribution >= 0.6 is 0 Å². The van der Waals surface area contributed by atoms with Crippen LogP contribution in [0.5, 0.6) is 5.75 Å². The van der Waals surface area contributed by atoms with Crippen molar-refractivity contribution in [2.24, 2.45) is 5.92 Å². The monoisotopic (exact) mass is 432 g/mol. The molecule has 31 heavy (non-hydrogen) atoms. The molecule has 1 saturated heterocycles. The molecule has 2 amide bonds. The first-order chi connectivity index (χ1) is 14.7. The maximum absolute atomic E-state index is 12.6. The minimum Gasteiger partial charge on any atom is -0.406 e. The number of fused-ring (bicyclic) bond motifs is 1. The van der Waals surface area contributed by atoms with Gasteiger partial charge in [0.2, 0.25) is 11.8 Å². The van der Waals surface area contributed by atoms with E-state index < -0.39 is 29.8 Å². The van der Waals surface area contributed by atoms with E-state index in [2.05, 4.69) is 20.0 Å². The lowest BCUT2D eigenvalue weighted by atomic mass is 10.1. The normalized spacial score (nSPS) is 16.5. The number of carbonyl (C=O) groups is 2. The lowest BCUT2D eigenvalue weighted by Gasteiger charge is -2.18. The molecule has 11 heteroatoms. The number of amides is 2. The van der Waals surface area contributed by atoms with E-state index in [0.717, 1.165) is 12.1 Å². The van der Waals surface area contributed by atoms with Crippen LogP contribution in [0.3, 0.4) is 0 Å². The molecular formula is C20H15F3N4O4. The van der Waals surface area contributed by atoms with Crippen LogP contribution in [0.4, 0.5) is 24.5 Å². The Morgan fingerprint density at radius 3 is 2.77 bits per heavy atom. The van der Waals surface area contributed by atoms with Crippen LogP contribution in [-0.4, -0.2) is 34.7 Å². The summed E-state index contributed by atoms with van der Waals surface area (Å²) in [4.78, 5) is 44.6.